The molecule has 1 heterocycles. The van der Waals surface area contributed by atoms with E-state index < -0.39 is 21.7 Å². The van der Waals surface area contributed by atoms with Gasteiger partial charge in [0, 0.05) is 36.9 Å². The van der Waals surface area contributed by atoms with Gasteiger partial charge in [0.15, 0.2) is 11.5 Å². The number of anilines is 2. The molecule has 0 atom stereocenters. The maximum atomic E-state index is 12.9. The van der Waals surface area contributed by atoms with Crippen molar-refractivity contribution in [2.45, 2.75) is 38.4 Å². The summed E-state index contributed by atoms with van der Waals surface area (Å²) >= 11 is 0. The van der Waals surface area contributed by atoms with Crippen LogP contribution in [-0.4, -0.2) is 20.1 Å². The van der Waals surface area contributed by atoms with Gasteiger partial charge < -0.3 is 14.8 Å². The minimum absolute atomic E-state index is 0.00117. The Morgan fingerprint density at radius 1 is 0.844 bits per heavy atom. The van der Waals surface area contributed by atoms with E-state index in [2.05, 4.69) is 10.0 Å². The van der Waals surface area contributed by atoms with Crippen molar-refractivity contribution in [1.82, 2.24) is 0 Å². The summed E-state index contributed by atoms with van der Waals surface area (Å²) in [5.74, 6) is -0.0649. The molecule has 0 aromatic heterocycles. The van der Waals surface area contributed by atoms with Crippen LogP contribution in [0.25, 0.3) is 0 Å². The van der Waals surface area contributed by atoms with E-state index in [4.69, 9.17) is 9.47 Å². The molecule has 0 aliphatic carbocycles. The van der Waals surface area contributed by atoms with Crippen molar-refractivity contribution in [2.75, 3.05) is 10.0 Å². The fraction of sp³-hybridized carbons (Fsp3) is 0.208. The Hall–Kier alpha value is -3.52. The van der Waals surface area contributed by atoms with Crippen molar-refractivity contribution < 1.29 is 22.7 Å². The highest BCUT2D eigenvalue weighted by Gasteiger charge is 2.31. The molecule has 1 aliphatic heterocycles. The van der Waals surface area contributed by atoms with Crippen molar-refractivity contribution in [2.24, 2.45) is 0 Å². The third-order valence-corrected chi connectivity index (χ3v) is 6.36. The van der Waals surface area contributed by atoms with Crippen LogP contribution in [0.1, 0.15) is 35.3 Å². The Labute approximate surface area is 187 Å². The van der Waals surface area contributed by atoms with Crippen LogP contribution in [0.5, 0.6) is 11.5 Å². The number of ether oxygens (including phenoxy) is 2. The molecule has 0 spiro atoms. The predicted octanol–water partition coefficient (Wildman–Crippen LogP) is 4.86. The second kappa shape index (κ2) is 7.87. The van der Waals surface area contributed by atoms with E-state index in [0.29, 0.717) is 28.4 Å². The summed E-state index contributed by atoms with van der Waals surface area (Å²) in [4.78, 5) is 12.9. The third-order valence-electron chi connectivity index (χ3n) is 4.98. The highest BCUT2D eigenvalue weighted by atomic mass is 32.2. The largest absolute Gasteiger partial charge is 0.449 e. The minimum Gasteiger partial charge on any atom is -0.449 e. The lowest BCUT2D eigenvalue weighted by atomic mass is 10.1. The van der Waals surface area contributed by atoms with E-state index in [1.807, 2.05) is 19.1 Å². The number of fused-ring (bicyclic) bond motifs is 1. The number of nitrogens with one attached hydrogen (secondary N) is 2. The SMILES string of the molecule is Cc1ccc(NS(=O)(=O)c2ccc(C)c(C(=O)Nc3ccc4c(c3)OC(C)(C)O4)c2)cc1. The van der Waals surface area contributed by atoms with Gasteiger partial charge in [-0.3, -0.25) is 9.52 Å². The molecule has 0 fully saturated rings. The summed E-state index contributed by atoms with van der Waals surface area (Å²) in [6.45, 7) is 7.27. The molecule has 4 rings (SSSR count). The van der Waals surface area contributed by atoms with Gasteiger partial charge in [0.05, 0.1) is 4.90 Å². The number of sulfonamides is 1. The molecule has 0 radical (unpaired) electrons. The molecule has 1 aliphatic rings. The number of benzene rings is 3. The first-order chi connectivity index (χ1) is 15.0. The van der Waals surface area contributed by atoms with E-state index in [-0.39, 0.29) is 10.5 Å². The molecular formula is C24H24N2O5S. The average Bonchev–Trinajstić information content (AvgIpc) is 3.02. The number of amides is 1. The van der Waals surface area contributed by atoms with Crippen LogP contribution in [0.3, 0.4) is 0 Å². The Morgan fingerprint density at radius 3 is 2.22 bits per heavy atom. The average molecular weight is 453 g/mol. The van der Waals surface area contributed by atoms with Gasteiger partial charge in [-0.1, -0.05) is 23.8 Å². The lowest BCUT2D eigenvalue weighted by Gasteiger charge is -2.16. The molecule has 0 saturated heterocycles. The highest BCUT2D eigenvalue weighted by Crippen LogP contribution is 2.40. The van der Waals surface area contributed by atoms with Crippen molar-refractivity contribution in [3.8, 4) is 11.5 Å². The van der Waals surface area contributed by atoms with Crippen LogP contribution >= 0.6 is 0 Å². The van der Waals surface area contributed by atoms with E-state index >= 15 is 0 Å². The lowest BCUT2D eigenvalue weighted by Crippen LogP contribution is -2.29. The van der Waals surface area contributed by atoms with Crippen LogP contribution < -0.4 is 19.5 Å². The lowest BCUT2D eigenvalue weighted by molar-refractivity contribution is -0.0431. The summed E-state index contributed by atoms with van der Waals surface area (Å²) in [5, 5.41) is 2.80. The normalized spacial score (nSPS) is 14.1. The van der Waals surface area contributed by atoms with Crippen molar-refractivity contribution in [3.63, 3.8) is 0 Å². The number of aryl methyl sites for hydroxylation is 2. The molecule has 3 aromatic carbocycles. The second-order valence-electron chi connectivity index (χ2n) is 8.17. The predicted molar refractivity (Wildman–Crippen MR) is 123 cm³/mol. The fourth-order valence-electron chi connectivity index (χ4n) is 3.35. The maximum absolute atomic E-state index is 12.9. The zero-order chi connectivity index (χ0) is 23.1. The monoisotopic (exact) mass is 452 g/mol. The summed E-state index contributed by atoms with van der Waals surface area (Å²) in [5.41, 5.74) is 2.90. The first kappa shape index (κ1) is 21.7. The number of hydrogen-bond acceptors (Lipinski definition) is 5. The van der Waals surface area contributed by atoms with Gasteiger partial charge in [-0.25, -0.2) is 8.42 Å². The van der Waals surface area contributed by atoms with Crippen LogP contribution in [0.2, 0.25) is 0 Å². The molecule has 3 aromatic rings. The Kier molecular flexibility index (Phi) is 5.34. The second-order valence-corrected chi connectivity index (χ2v) is 9.85. The standard InChI is InChI=1S/C24H24N2O5S/c1-15-5-8-17(9-6-15)26-32(28,29)19-11-7-16(2)20(14-19)23(27)25-18-10-12-21-22(13-18)31-24(3,4)30-21/h5-14,26H,1-4H3,(H,25,27). The first-order valence-electron chi connectivity index (χ1n) is 10.1. The maximum Gasteiger partial charge on any atom is 0.261 e. The minimum atomic E-state index is -3.86. The topological polar surface area (TPSA) is 93.7 Å². The summed E-state index contributed by atoms with van der Waals surface area (Å²) in [6, 6.07) is 16.6. The van der Waals surface area contributed by atoms with Gasteiger partial charge in [0.2, 0.25) is 5.79 Å². The number of carbonyl (C=O) groups is 1. The summed E-state index contributed by atoms with van der Waals surface area (Å²) in [7, 11) is -3.86. The molecule has 0 bridgehead atoms. The molecular weight excluding hydrogens is 428 g/mol. The van der Waals surface area contributed by atoms with Crippen LogP contribution in [-0.2, 0) is 10.0 Å². The molecule has 0 saturated carbocycles. The van der Waals surface area contributed by atoms with E-state index in [1.54, 1.807) is 57.2 Å². The van der Waals surface area contributed by atoms with Crippen molar-refractivity contribution in [3.05, 3.63) is 77.4 Å². The fourth-order valence-corrected chi connectivity index (χ4v) is 4.43. The molecule has 1 amide bonds. The smallest absolute Gasteiger partial charge is 0.261 e. The molecule has 2 N–H and O–H groups in total. The van der Waals surface area contributed by atoms with Crippen molar-refractivity contribution in [1.29, 1.82) is 0 Å². The van der Waals surface area contributed by atoms with Gasteiger partial charge >= 0.3 is 0 Å². The van der Waals surface area contributed by atoms with Gasteiger partial charge in [-0.15, -0.1) is 0 Å². The third kappa shape index (κ3) is 4.55. The van der Waals surface area contributed by atoms with Gasteiger partial charge in [-0.05, 0) is 55.8 Å². The molecule has 7 nitrogen and oxygen atoms in total. The number of hydrogen-bond donors (Lipinski definition) is 2. The zero-order valence-corrected chi connectivity index (χ0v) is 19.0. The van der Waals surface area contributed by atoms with Gasteiger partial charge in [-0.2, -0.15) is 0 Å². The Bertz CT molecular complexity index is 1300. The van der Waals surface area contributed by atoms with Gasteiger partial charge in [0.25, 0.3) is 15.9 Å². The van der Waals surface area contributed by atoms with E-state index in [1.165, 1.54) is 12.1 Å². The summed E-state index contributed by atoms with van der Waals surface area (Å²) in [6.07, 6.45) is 0. The number of rotatable bonds is 5. The zero-order valence-electron chi connectivity index (χ0n) is 18.2. The van der Waals surface area contributed by atoms with Crippen molar-refractivity contribution >= 4 is 27.3 Å². The highest BCUT2D eigenvalue weighted by molar-refractivity contribution is 7.92. The van der Waals surface area contributed by atoms with Gasteiger partial charge in [0.1, 0.15) is 0 Å². The molecule has 32 heavy (non-hydrogen) atoms. The quantitative estimate of drug-likeness (QED) is 0.576. The van der Waals surface area contributed by atoms with E-state index in [9.17, 15) is 13.2 Å². The molecule has 0 unspecified atom stereocenters. The Morgan fingerprint density at radius 2 is 1.50 bits per heavy atom. The van der Waals surface area contributed by atoms with Crippen LogP contribution in [0.4, 0.5) is 11.4 Å². The Balaban J connectivity index is 1.56. The van der Waals surface area contributed by atoms with Crippen LogP contribution in [0.15, 0.2) is 65.6 Å². The van der Waals surface area contributed by atoms with Crippen LogP contribution in [0, 0.1) is 13.8 Å². The molecule has 8 heteroatoms. The van der Waals surface area contributed by atoms with E-state index in [0.717, 1.165) is 5.56 Å². The number of carbonyl (C=O) groups excluding carboxylic acids is 1. The summed E-state index contributed by atoms with van der Waals surface area (Å²) < 4.78 is 39.6. The molecule has 166 valence electrons. The first-order valence-corrected chi connectivity index (χ1v) is 11.5.